The van der Waals surface area contributed by atoms with E-state index in [1.807, 2.05) is 6.07 Å². The predicted molar refractivity (Wildman–Crippen MR) is 75.0 cm³/mol. The number of esters is 1. The fourth-order valence-electron chi connectivity index (χ4n) is 3.02. The molecule has 1 aliphatic carbocycles. The largest absolute Gasteiger partial charge is 0.468 e. The summed E-state index contributed by atoms with van der Waals surface area (Å²) in [6, 6.07) is 3.55. The number of methoxy groups -OCH3 is 1. The van der Waals surface area contributed by atoms with Crippen LogP contribution in [0.2, 0.25) is 0 Å². The number of anilines is 1. The quantitative estimate of drug-likeness (QED) is 0.835. The highest BCUT2D eigenvalue weighted by molar-refractivity contribution is 5.80. The first kappa shape index (κ1) is 12.9. The third kappa shape index (κ3) is 2.21. The Morgan fingerprint density at radius 1 is 1.40 bits per heavy atom. The van der Waals surface area contributed by atoms with Gasteiger partial charge in [-0.1, -0.05) is 12.8 Å². The molecule has 1 fully saturated rings. The highest BCUT2D eigenvalue weighted by Crippen LogP contribution is 2.37. The minimum Gasteiger partial charge on any atom is -0.468 e. The number of ether oxygens (including phenoxy) is 1. The van der Waals surface area contributed by atoms with Crippen LogP contribution in [-0.4, -0.2) is 28.0 Å². The van der Waals surface area contributed by atoms with Gasteiger partial charge in [0.25, 0.3) is 0 Å². The van der Waals surface area contributed by atoms with Gasteiger partial charge in [0.05, 0.1) is 12.6 Å². The Morgan fingerprint density at radius 3 is 2.85 bits per heavy atom. The summed E-state index contributed by atoms with van der Waals surface area (Å²) in [5.74, 6) is 0.782. The number of nitrogens with two attached hydrogens (primary N) is 1. The molecular formula is C14H18N4O2. The molecular weight excluding hydrogens is 256 g/mol. The monoisotopic (exact) mass is 274 g/mol. The Morgan fingerprint density at radius 2 is 2.15 bits per heavy atom. The second-order valence-electron chi connectivity index (χ2n) is 5.27. The van der Waals surface area contributed by atoms with E-state index in [0.717, 1.165) is 31.2 Å². The number of rotatable bonds is 3. The van der Waals surface area contributed by atoms with Crippen molar-refractivity contribution < 1.29 is 9.53 Å². The normalized spacial score (nSPS) is 17.4. The second-order valence-corrected chi connectivity index (χ2v) is 5.27. The van der Waals surface area contributed by atoms with Gasteiger partial charge in [0.15, 0.2) is 5.65 Å². The summed E-state index contributed by atoms with van der Waals surface area (Å²) in [6.45, 7) is 0. The molecule has 0 spiro atoms. The van der Waals surface area contributed by atoms with Gasteiger partial charge < -0.3 is 15.5 Å². The second kappa shape index (κ2) is 5.11. The molecule has 0 bridgehead atoms. The lowest BCUT2D eigenvalue weighted by atomic mass is 9.90. The van der Waals surface area contributed by atoms with Crippen molar-refractivity contribution in [1.82, 2.24) is 15.0 Å². The maximum Gasteiger partial charge on any atom is 0.316 e. The van der Waals surface area contributed by atoms with Gasteiger partial charge in [-0.25, -0.2) is 9.97 Å². The van der Waals surface area contributed by atoms with Gasteiger partial charge in [-0.3, -0.25) is 4.79 Å². The number of fused-ring (bicyclic) bond motifs is 1. The van der Waals surface area contributed by atoms with E-state index < -0.39 is 0 Å². The third-order valence-corrected chi connectivity index (χ3v) is 4.01. The lowest BCUT2D eigenvalue weighted by Crippen LogP contribution is -2.22. The van der Waals surface area contributed by atoms with Crippen LogP contribution in [0.15, 0.2) is 12.1 Å². The average molecular weight is 274 g/mol. The molecule has 0 aliphatic heterocycles. The minimum absolute atomic E-state index is 0.232. The van der Waals surface area contributed by atoms with Crippen LogP contribution >= 0.6 is 0 Å². The topological polar surface area (TPSA) is 93.9 Å². The summed E-state index contributed by atoms with van der Waals surface area (Å²) in [6.07, 6.45) is 4.38. The summed E-state index contributed by atoms with van der Waals surface area (Å²) in [7, 11) is 1.42. The number of hydrogen-bond donors (Lipinski definition) is 2. The SMILES string of the molecule is COC(=O)C(c1nc2nc(N)ccc2[nH]1)C1CCCC1. The standard InChI is InChI=1S/C14H18N4O2/c1-20-14(19)11(8-4-2-3-5-8)13-16-9-6-7-10(15)17-12(9)18-13/h6-8,11H,2-5H2,1H3,(H3,15,16,17,18). The molecule has 3 N–H and O–H groups in total. The van der Waals surface area contributed by atoms with Crippen LogP contribution in [0.25, 0.3) is 11.2 Å². The van der Waals surface area contributed by atoms with Crippen molar-refractivity contribution in [3.8, 4) is 0 Å². The number of aromatic amines is 1. The fourth-order valence-corrected chi connectivity index (χ4v) is 3.02. The van der Waals surface area contributed by atoms with Crippen LogP contribution in [0, 0.1) is 5.92 Å². The van der Waals surface area contributed by atoms with Crippen molar-refractivity contribution in [2.75, 3.05) is 12.8 Å². The van der Waals surface area contributed by atoms with Crippen LogP contribution in [0.4, 0.5) is 5.82 Å². The first-order valence-electron chi connectivity index (χ1n) is 6.89. The average Bonchev–Trinajstić information content (AvgIpc) is 3.07. The predicted octanol–water partition coefficient (Wildman–Crippen LogP) is 1.99. The summed E-state index contributed by atoms with van der Waals surface area (Å²) >= 11 is 0. The summed E-state index contributed by atoms with van der Waals surface area (Å²) in [4.78, 5) is 23.9. The molecule has 6 nitrogen and oxygen atoms in total. The zero-order valence-electron chi connectivity index (χ0n) is 11.4. The highest BCUT2D eigenvalue weighted by Gasteiger charge is 2.35. The zero-order valence-corrected chi connectivity index (χ0v) is 11.4. The van der Waals surface area contributed by atoms with Gasteiger partial charge in [-0.05, 0) is 30.9 Å². The Balaban J connectivity index is 2.01. The number of H-pyrrole nitrogens is 1. The number of hydrogen-bond acceptors (Lipinski definition) is 5. The van der Waals surface area contributed by atoms with E-state index in [1.54, 1.807) is 6.07 Å². The van der Waals surface area contributed by atoms with Gasteiger partial charge in [0.1, 0.15) is 17.6 Å². The maximum atomic E-state index is 12.1. The van der Waals surface area contributed by atoms with Gasteiger partial charge in [0.2, 0.25) is 0 Å². The van der Waals surface area contributed by atoms with Crippen LogP contribution in [-0.2, 0) is 9.53 Å². The molecule has 0 amide bonds. The number of nitrogens with one attached hydrogen (secondary N) is 1. The molecule has 2 heterocycles. The smallest absolute Gasteiger partial charge is 0.316 e. The van der Waals surface area contributed by atoms with Crippen molar-refractivity contribution in [3.05, 3.63) is 18.0 Å². The molecule has 106 valence electrons. The Kier molecular flexibility index (Phi) is 3.30. The lowest BCUT2D eigenvalue weighted by molar-refractivity contribution is -0.144. The van der Waals surface area contributed by atoms with E-state index in [-0.39, 0.29) is 11.9 Å². The summed E-state index contributed by atoms with van der Waals surface area (Å²) in [5.41, 5.74) is 7.00. The van der Waals surface area contributed by atoms with E-state index >= 15 is 0 Å². The maximum absolute atomic E-state index is 12.1. The van der Waals surface area contributed by atoms with Crippen molar-refractivity contribution in [1.29, 1.82) is 0 Å². The van der Waals surface area contributed by atoms with E-state index in [9.17, 15) is 4.79 Å². The molecule has 0 aromatic carbocycles. The fraction of sp³-hybridized carbons (Fsp3) is 0.500. The van der Waals surface area contributed by atoms with E-state index in [2.05, 4.69) is 15.0 Å². The van der Waals surface area contributed by atoms with Crippen LogP contribution in [0.1, 0.15) is 37.4 Å². The van der Waals surface area contributed by atoms with Gasteiger partial charge in [-0.2, -0.15) is 0 Å². The number of aromatic nitrogens is 3. The van der Waals surface area contributed by atoms with E-state index in [1.165, 1.54) is 7.11 Å². The van der Waals surface area contributed by atoms with Crippen LogP contribution in [0.5, 0.6) is 0 Å². The molecule has 20 heavy (non-hydrogen) atoms. The van der Waals surface area contributed by atoms with Crippen molar-refractivity contribution in [2.45, 2.75) is 31.6 Å². The van der Waals surface area contributed by atoms with Crippen molar-refractivity contribution >= 4 is 23.0 Å². The molecule has 1 aliphatic rings. The molecule has 0 radical (unpaired) electrons. The number of nitrogen functional groups attached to an aromatic ring is 1. The number of carbonyl (C=O) groups is 1. The molecule has 1 saturated carbocycles. The number of pyridine rings is 1. The van der Waals surface area contributed by atoms with E-state index in [4.69, 9.17) is 10.5 Å². The number of carbonyl (C=O) groups excluding carboxylic acids is 1. The molecule has 3 rings (SSSR count). The first-order valence-corrected chi connectivity index (χ1v) is 6.89. The van der Waals surface area contributed by atoms with Gasteiger partial charge in [-0.15, -0.1) is 0 Å². The lowest BCUT2D eigenvalue weighted by Gasteiger charge is -2.18. The Hall–Kier alpha value is -2.11. The molecule has 2 aromatic heterocycles. The third-order valence-electron chi connectivity index (χ3n) is 4.01. The van der Waals surface area contributed by atoms with Crippen molar-refractivity contribution in [2.24, 2.45) is 5.92 Å². The number of nitrogens with zero attached hydrogens (tertiary/aromatic N) is 2. The Bertz CT molecular complexity index is 631. The van der Waals surface area contributed by atoms with Crippen LogP contribution in [0.3, 0.4) is 0 Å². The minimum atomic E-state index is -0.335. The zero-order chi connectivity index (χ0) is 14.1. The molecule has 1 unspecified atom stereocenters. The van der Waals surface area contributed by atoms with Crippen molar-refractivity contribution in [3.63, 3.8) is 0 Å². The molecule has 0 saturated heterocycles. The molecule has 1 atom stereocenters. The Labute approximate surface area is 116 Å². The van der Waals surface area contributed by atoms with E-state index in [0.29, 0.717) is 23.2 Å². The van der Waals surface area contributed by atoms with Crippen LogP contribution < -0.4 is 5.73 Å². The summed E-state index contributed by atoms with van der Waals surface area (Å²) in [5, 5.41) is 0. The number of imidazole rings is 1. The molecule has 6 heteroatoms. The first-order chi connectivity index (χ1) is 9.69. The summed E-state index contributed by atoms with van der Waals surface area (Å²) < 4.78 is 4.95. The highest BCUT2D eigenvalue weighted by atomic mass is 16.5. The van der Waals surface area contributed by atoms with Gasteiger partial charge >= 0.3 is 5.97 Å². The van der Waals surface area contributed by atoms with Gasteiger partial charge in [0, 0.05) is 0 Å². The molecule has 2 aromatic rings.